The van der Waals surface area contributed by atoms with Gasteiger partial charge in [0.2, 0.25) is 0 Å². The van der Waals surface area contributed by atoms with E-state index in [1.54, 1.807) is 0 Å². The van der Waals surface area contributed by atoms with Gasteiger partial charge in [0.05, 0.1) is 0 Å². The van der Waals surface area contributed by atoms with Crippen LogP contribution in [-0.4, -0.2) is 17.6 Å². The first kappa shape index (κ1) is 19.7. The Morgan fingerprint density at radius 3 is 2.92 bits per heavy atom. The Kier molecular flexibility index (Phi) is 8.23. The predicted molar refractivity (Wildman–Crippen MR) is 104 cm³/mol. The molecule has 0 aromatic heterocycles. The molecule has 0 spiro atoms. The lowest BCUT2D eigenvalue weighted by Crippen LogP contribution is -2.28. The van der Waals surface area contributed by atoms with Gasteiger partial charge in [-0.1, -0.05) is 42.0 Å². The van der Waals surface area contributed by atoms with Crippen LogP contribution >= 0.6 is 11.6 Å². The normalized spacial score (nSPS) is 20.2. The van der Waals surface area contributed by atoms with Crippen LogP contribution in [-0.2, 0) is 11.3 Å². The Bertz CT molecular complexity index is 624. The molecule has 3 nitrogen and oxygen atoms in total. The van der Waals surface area contributed by atoms with Gasteiger partial charge in [-0.3, -0.25) is 4.79 Å². The second kappa shape index (κ2) is 10.4. The summed E-state index contributed by atoms with van der Waals surface area (Å²) < 4.78 is 0. The largest absolute Gasteiger partial charge is 0.481 e. The van der Waals surface area contributed by atoms with Crippen molar-refractivity contribution < 1.29 is 9.90 Å². The molecule has 0 amide bonds. The Morgan fingerprint density at radius 1 is 1.36 bits per heavy atom. The Balaban J connectivity index is 1.79. The molecule has 4 heteroatoms. The monoisotopic (exact) mass is 361 g/mol. The average Bonchev–Trinajstić information content (AvgIpc) is 2.57. The third kappa shape index (κ3) is 7.05. The molecule has 0 unspecified atom stereocenters. The zero-order valence-corrected chi connectivity index (χ0v) is 15.6. The van der Waals surface area contributed by atoms with Gasteiger partial charge in [-0.05, 0) is 74.2 Å². The van der Waals surface area contributed by atoms with Crippen molar-refractivity contribution in [1.29, 1.82) is 0 Å². The van der Waals surface area contributed by atoms with E-state index in [1.165, 1.54) is 11.1 Å². The van der Waals surface area contributed by atoms with Gasteiger partial charge in [-0.15, -0.1) is 0 Å². The third-order valence-electron chi connectivity index (χ3n) is 4.79. The number of allylic oxidation sites excluding steroid dienone is 4. The van der Waals surface area contributed by atoms with Crippen LogP contribution in [0.15, 0.2) is 42.5 Å². The maximum absolute atomic E-state index is 10.5. The highest BCUT2D eigenvalue weighted by Crippen LogP contribution is 2.26. The number of halogens is 1. The highest BCUT2D eigenvalue weighted by molar-refractivity contribution is 6.30. The van der Waals surface area contributed by atoms with Crippen LogP contribution in [0.5, 0.6) is 0 Å². The summed E-state index contributed by atoms with van der Waals surface area (Å²) in [6.07, 6.45) is 12.9. The average molecular weight is 362 g/mol. The lowest BCUT2D eigenvalue weighted by molar-refractivity contribution is -0.137. The van der Waals surface area contributed by atoms with Gasteiger partial charge < -0.3 is 10.4 Å². The molecule has 0 heterocycles. The molecule has 0 aliphatic heterocycles. The number of hydrogen-bond donors (Lipinski definition) is 2. The minimum atomic E-state index is -0.714. The second-order valence-corrected chi connectivity index (χ2v) is 7.22. The Morgan fingerprint density at radius 2 is 2.16 bits per heavy atom. The summed E-state index contributed by atoms with van der Waals surface area (Å²) in [6.45, 7) is 3.93. The fourth-order valence-corrected chi connectivity index (χ4v) is 3.48. The van der Waals surface area contributed by atoms with Crippen molar-refractivity contribution in [3.05, 3.63) is 58.7 Å². The smallest absolute Gasteiger partial charge is 0.303 e. The van der Waals surface area contributed by atoms with E-state index >= 15 is 0 Å². The number of nitrogens with one attached hydrogen (secondary N) is 1. The van der Waals surface area contributed by atoms with E-state index in [1.807, 2.05) is 12.1 Å². The number of unbranched alkanes of at least 4 members (excludes halogenated alkanes) is 1. The maximum atomic E-state index is 10.5. The predicted octanol–water partition coefficient (Wildman–Crippen LogP) is 5.13. The van der Waals surface area contributed by atoms with Crippen molar-refractivity contribution in [2.24, 2.45) is 11.8 Å². The zero-order valence-electron chi connectivity index (χ0n) is 14.9. The molecule has 0 fully saturated rings. The molecule has 0 bridgehead atoms. The molecule has 1 aliphatic carbocycles. The highest BCUT2D eigenvalue weighted by Gasteiger charge is 2.19. The molecular weight excluding hydrogens is 334 g/mol. The fraction of sp³-hybridized carbons (Fsp3) is 0.476. The number of carboxylic acids is 1. The summed E-state index contributed by atoms with van der Waals surface area (Å²) >= 11 is 6.01. The van der Waals surface area contributed by atoms with Gasteiger partial charge in [0.1, 0.15) is 0 Å². The summed E-state index contributed by atoms with van der Waals surface area (Å²) in [4.78, 5) is 10.5. The molecule has 0 saturated carbocycles. The van der Waals surface area contributed by atoms with Gasteiger partial charge in [0.15, 0.2) is 0 Å². The topological polar surface area (TPSA) is 49.3 Å². The molecular formula is C21H28ClNO2. The standard InChI is InChI=1S/C21H28ClNO2/c1-16-13-20(22)12-11-18(16)14-23-15-19-9-6-5-8-17(19)7-3-2-4-10-21(24)25/h3,5-7,11-13,17,19,23H,2,4,8-10,14-15H2,1H3,(H,24,25)/b7-3-/t17-,19+/m0/s1. The van der Waals surface area contributed by atoms with Crippen LogP contribution < -0.4 is 5.32 Å². The Labute approximate surface area is 155 Å². The second-order valence-electron chi connectivity index (χ2n) is 6.78. The van der Waals surface area contributed by atoms with E-state index in [9.17, 15) is 4.79 Å². The van der Waals surface area contributed by atoms with E-state index < -0.39 is 5.97 Å². The van der Waals surface area contributed by atoms with Crippen LogP contribution in [0.1, 0.15) is 43.2 Å². The van der Waals surface area contributed by atoms with Crippen LogP contribution in [0, 0.1) is 18.8 Å². The minimum absolute atomic E-state index is 0.250. The van der Waals surface area contributed by atoms with Crippen molar-refractivity contribution in [1.82, 2.24) is 5.32 Å². The number of aliphatic carboxylic acids is 1. The van der Waals surface area contributed by atoms with Crippen LogP contribution in [0.3, 0.4) is 0 Å². The molecule has 1 aliphatic rings. The van der Waals surface area contributed by atoms with Crippen molar-refractivity contribution >= 4 is 17.6 Å². The van der Waals surface area contributed by atoms with Gasteiger partial charge >= 0.3 is 5.97 Å². The molecule has 25 heavy (non-hydrogen) atoms. The summed E-state index contributed by atoms with van der Waals surface area (Å²) in [5.41, 5.74) is 2.51. The first-order valence-corrected chi connectivity index (χ1v) is 9.43. The molecule has 1 aromatic carbocycles. The SMILES string of the molecule is Cc1cc(Cl)ccc1CNC[C@H]1CC=CC[C@@H]1/C=C\CCCC(=O)O. The van der Waals surface area contributed by atoms with Crippen molar-refractivity contribution in [3.63, 3.8) is 0 Å². The third-order valence-corrected chi connectivity index (χ3v) is 5.03. The summed E-state index contributed by atoms with van der Waals surface area (Å²) in [7, 11) is 0. The number of rotatable bonds is 9. The van der Waals surface area contributed by atoms with Crippen molar-refractivity contribution in [2.75, 3.05) is 6.54 Å². The molecule has 136 valence electrons. The number of aryl methyl sites for hydroxylation is 1. The molecule has 2 N–H and O–H groups in total. The summed E-state index contributed by atoms with van der Waals surface area (Å²) in [6, 6.07) is 6.04. The lowest BCUT2D eigenvalue weighted by atomic mass is 9.82. The summed E-state index contributed by atoms with van der Waals surface area (Å²) in [5, 5.41) is 13.1. The van der Waals surface area contributed by atoms with Gasteiger partial charge in [-0.25, -0.2) is 0 Å². The van der Waals surface area contributed by atoms with Crippen LogP contribution in [0.25, 0.3) is 0 Å². The van der Waals surface area contributed by atoms with E-state index in [2.05, 4.69) is 42.6 Å². The highest BCUT2D eigenvalue weighted by atomic mass is 35.5. The van der Waals surface area contributed by atoms with E-state index in [4.69, 9.17) is 16.7 Å². The molecule has 0 radical (unpaired) electrons. The van der Waals surface area contributed by atoms with Gasteiger partial charge in [-0.2, -0.15) is 0 Å². The van der Waals surface area contributed by atoms with E-state index in [-0.39, 0.29) is 6.42 Å². The number of benzene rings is 1. The molecule has 2 rings (SSSR count). The van der Waals surface area contributed by atoms with Gasteiger partial charge in [0, 0.05) is 18.0 Å². The van der Waals surface area contributed by atoms with E-state index in [0.717, 1.165) is 37.4 Å². The van der Waals surface area contributed by atoms with Gasteiger partial charge in [0.25, 0.3) is 0 Å². The quantitative estimate of drug-likeness (QED) is 0.473. The van der Waals surface area contributed by atoms with Crippen LogP contribution in [0.2, 0.25) is 5.02 Å². The Hall–Kier alpha value is -1.58. The van der Waals surface area contributed by atoms with Crippen molar-refractivity contribution in [2.45, 2.75) is 45.6 Å². The number of hydrogen-bond acceptors (Lipinski definition) is 2. The lowest BCUT2D eigenvalue weighted by Gasteiger charge is -2.26. The van der Waals surface area contributed by atoms with Crippen LogP contribution in [0.4, 0.5) is 0 Å². The number of carbonyl (C=O) groups is 1. The van der Waals surface area contributed by atoms with Crippen molar-refractivity contribution in [3.8, 4) is 0 Å². The minimum Gasteiger partial charge on any atom is -0.481 e. The zero-order chi connectivity index (χ0) is 18.1. The maximum Gasteiger partial charge on any atom is 0.303 e. The first-order valence-electron chi connectivity index (χ1n) is 9.05. The molecule has 0 saturated heterocycles. The van der Waals surface area contributed by atoms with E-state index in [0.29, 0.717) is 18.3 Å². The molecule has 1 aromatic rings. The fourth-order valence-electron chi connectivity index (χ4n) is 3.25. The number of carboxylic acid groups (broad SMARTS) is 1. The first-order chi connectivity index (χ1) is 12.1. The molecule has 2 atom stereocenters. The summed E-state index contributed by atoms with van der Waals surface area (Å²) in [5.74, 6) is 0.413.